The molecule has 1 N–H and O–H groups in total. The number of nitrogens with zero attached hydrogens (tertiary/aromatic N) is 2. The minimum Gasteiger partial charge on any atom is -0.497 e. The highest BCUT2D eigenvalue weighted by Crippen LogP contribution is 2.12. The quantitative estimate of drug-likeness (QED) is 0.665. The molecule has 1 aromatic carbocycles. The lowest BCUT2D eigenvalue weighted by molar-refractivity contribution is -0.120. The summed E-state index contributed by atoms with van der Waals surface area (Å²) in [5.41, 5.74) is 4.32. The predicted octanol–water partition coefficient (Wildman–Crippen LogP) is 1.73. The molecule has 20 heavy (non-hydrogen) atoms. The largest absolute Gasteiger partial charge is 0.497 e. The van der Waals surface area contributed by atoms with E-state index in [0.29, 0.717) is 0 Å². The van der Waals surface area contributed by atoms with Crippen molar-refractivity contribution in [2.24, 2.45) is 12.1 Å². The summed E-state index contributed by atoms with van der Waals surface area (Å²) in [5, 5.41) is 3.94. The number of aromatic nitrogens is 1. The zero-order valence-corrected chi connectivity index (χ0v) is 11.5. The van der Waals surface area contributed by atoms with Crippen LogP contribution < -0.4 is 10.2 Å². The molecular weight excluding hydrogens is 254 g/mol. The molecule has 2 aromatic rings. The number of hydrogen-bond donors (Lipinski definition) is 1. The highest BCUT2D eigenvalue weighted by molar-refractivity contribution is 5.82. The van der Waals surface area contributed by atoms with Gasteiger partial charge in [0.2, 0.25) is 5.91 Å². The first kappa shape index (κ1) is 13.9. The van der Waals surface area contributed by atoms with Crippen molar-refractivity contribution in [1.29, 1.82) is 0 Å². The predicted molar refractivity (Wildman–Crippen MR) is 77.8 cm³/mol. The zero-order valence-electron chi connectivity index (χ0n) is 11.5. The molecule has 0 fully saturated rings. The fraction of sp³-hybridized carbons (Fsp3) is 0.200. The van der Waals surface area contributed by atoms with Gasteiger partial charge in [0.05, 0.1) is 25.4 Å². The third-order valence-corrected chi connectivity index (χ3v) is 2.87. The fourth-order valence-corrected chi connectivity index (χ4v) is 1.79. The van der Waals surface area contributed by atoms with Crippen molar-refractivity contribution in [3.05, 3.63) is 53.9 Å². The van der Waals surface area contributed by atoms with Gasteiger partial charge in [-0.15, -0.1) is 0 Å². The van der Waals surface area contributed by atoms with Crippen LogP contribution in [0.2, 0.25) is 0 Å². The van der Waals surface area contributed by atoms with E-state index >= 15 is 0 Å². The molecular formula is C15H17N3O2. The molecule has 0 radical (unpaired) electrons. The fourth-order valence-electron chi connectivity index (χ4n) is 1.79. The Hall–Kier alpha value is -2.56. The highest BCUT2D eigenvalue weighted by atomic mass is 16.5. The van der Waals surface area contributed by atoms with Crippen molar-refractivity contribution < 1.29 is 9.53 Å². The van der Waals surface area contributed by atoms with Gasteiger partial charge < -0.3 is 9.30 Å². The smallest absolute Gasteiger partial charge is 0.244 e. The summed E-state index contributed by atoms with van der Waals surface area (Å²) in [7, 11) is 3.52. The maximum atomic E-state index is 11.8. The van der Waals surface area contributed by atoms with Gasteiger partial charge in [-0.25, -0.2) is 5.43 Å². The Morgan fingerprint density at radius 2 is 2.25 bits per heavy atom. The summed E-state index contributed by atoms with van der Waals surface area (Å²) in [5.74, 6) is 0.575. The van der Waals surface area contributed by atoms with E-state index in [1.54, 1.807) is 13.3 Å². The van der Waals surface area contributed by atoms with Crippen LogP contribution in [0.1, 0.15) is 11.3 Å². The van der Waals surface area contributed by atoms with E-state index in [-0.39, 0.29) is 12.3 Å². The van der Waals surface area contributed by atoms with E-state index in [1.807, 2.05) is 54.2 Å². The number of aryl methyl sites for hydroxylation is 1. The van der Waals surface area contributed by atoms with Crippen molar-refractivity contribution in [1.82, 2.24) is 9.99 Å². The normalized spacial score (nSPS) is 10.7. The van der Waals surface area contributed by atoms with E-state index in [1.165, 1.54) is 0 Å². The van der Waals surface area contributed by atoms with E-state index in [2.05, 4.69) is 10.5 Å². The maximum Gasteiger partial charge on any atom is 0.244 e. The Kier molecular flexibility index (Phi) is 4.55. The van der Waals surface area contributed by atoms with Crippen LogP contribution in [0.15, 0.2) is 47.7 Å². The second-order valence-electron chi connectivity index (χ2n) is 4.37. The van der Waals surface area contributed by atoms with Crippen LogP contribution in [0.3, 0.4) is 0 Å². The summed E-state index contributed by atoms with van der Waals surface area (Å²) in [6.45, 7) is 0. The van der Waals surface area contributed by atoms with Gasteiger partial charge in [-0.1, -0.05) is 12.1 Å². The third-order valence-electron chi connectivity index (χ3n) is 2.87. The minimum absolute atomic E-state index is 0.163. The Morgan fingerprint density at radius 3 is 2.95 bits per heavy atom. The molecule has 1 aromatic heterocycles. The van der Waals surface area contributed by atoms with Crippen LogP contribution in [0.4, 0.5) is 0 Å². The average molecular weight is 271 g/mol. The Balaban J connectivity index is 1.89. The monoisotopic (exact) mass is 271 g/mol. The van der Waals surface area contributed by atoms with Gasteiger partial charge >= 0.3 is 0 Å². The van der Waals surface area contributed by atoms with Crippen LogP contribution in [-0.2, 0) is 18.3 Å². The van der Waals surface area contributed by atoms with Gasteiger partial charge in [0.25, 0.3) is 0 Å². The second kappa shape index (κ2) is 6.56. The molecule has 5 nitrogen and oxygen atoms in total. The van der Waals surface area contributed by atoms with Crippen molar-refractivity contribution in [2.75, 3.05) is 7.11 Å². The molecule has 5 heteroatoms. The molecule has 0 atom stereocenters. The number of methoxy groups -OCH3 is 1. The number of carbonyl (C=O) groups is 1. The highest BCUT2D eigenvalue weighted by Gasteiger charge is 2.03. The summed E-state index contributed by atoms with van der Waals surface area (Å²) in [4.78, 5) is 11.8. The first-order valence-electron chi connectivity index (χ1n) is 6.25. The maximum absolute atomic E-state index is 11.8. The third kappa shape index (κ3) is 3.71. The average Bonchev–Trinajstić information content (AvgIpc) is 2.85. The lowest BCUT2D eigenvalue weighted by Crippen LogP contribution is -2.19. The number of nitrogens with one attached hydrogen (secondary N) is 1. The van der Waals surface area contributed by atoms with Gasteiger partial charge in [-0.3, -0.25) is 4.79 Å². The van der Waals surface area contributed by atoms with Gasteiger partial charge in [0, 0.05) is 13.2 Å². The molecule has 1 heterocycles. The van der Waals surface area contributed by atoms with Crippen LogP contribution in [0.25, 0.3) is 0 Å². The second-order valence-corrected chi connectivity index (χ2v) is 4.37. The van der Waals surface area contributed by atoms with Crippen LogP contribution in [-0.4, -0.2) is 23.8 Å². The minimum atomic E-state index is -0.163. The standard InChI is InChI=1S/C15H17N3O2/c1-18-8-4-6-13(18)11-16-17-15(19)10-12-5-3-7-14(9-12)20-2/h3-9,11H,10H2,1-2H3,(H,17,19)/b16-11+. The Morgan fingerprint density at radius 1 is 1.40 bits per heavy atom. The number of hydrazone groups is 1. The van der Waals surface area contributed by atoms with Crippen molar-refractivity contribution >= 4 is 12.1 Å². The van der Waals surface area contributed by atoms with Crippen LogP contribution in [0.5, 0.6) is 5.75 Å². The Labute approximate surface area is 117 Å². The lowest BCUT2D eigenvalue weighted by atomic mass is 10.1. The lowest BCUT2D eigenvalue weighted by Gasteiger charge is -2.03. The van der Waals surface area contributed by atoms with Gasteiger partial charge in [-0.05, 0) is 29.8 Å². The molecule has 104 valence electrons. The number of carbonyl (C=O) groups excluding carboxylic acids is 1. The van der Waals surface area contributed by atoms with Gasteiger partial charge in [0.1, 0.15) is 5.75 Å². The number of rotatable bonds is 5. The topological polar surface area (TPSA) is 55.6 Å². The zero-order chi connectivity index (χ0) is 14.4. The van der Waals surface area contributed by atoms with Crippen molar-refractivity contribution in [2.45, 2.75) is 6.42 Å². The van der Waals surface area contributed by atoms with E-state index in [9.17, 15) is 4.79 Å². The number of amides is 1. The van der Waals surface area contributed by atoms with E-state index in [0.717, 1.165) is 17.0 Å². The molecule has 0 bridgehead atoms. The molecule has 0 saturated heterocycles. The Bertz CT molecular complexity index is 617. The number of ether oxygens (including phenoxy) is 1. The van der Waals surface area contributed by atoms with Crippen molar-refractivity contribution in [3.63, 3.8) is 0 Å². The van der Waals surface area contributed by atoms with E-state index < -0.39 is 0 Å². The molecule has 0 aliphatic heterocycles. The first-order valence-corrected chi connectivity index (χ1v) is 6.25. The van der Waals surface area contributed by atoms with Crippen LogP contribution in [0, 0.1) is 0 Å². The molecule has 0 saturated carbocycles. The number of hydrogen-bond acceptors (Lipinski definition) is 3. The van der Waals surface area contributed by atoms with E-state index in [4.69, 9.17) is 4.74 Å². The molecule has 1 amide bonds. The number of benzene rings is 1. The summed E-state index contributed by atoms with van der Waals surface area (Å²) < 4.78 is 7.03. The SMILES string of the molecule is COc1cccc(CC(=O)N/N=C/c2cccn2C)c1. The summed E-state index contributed by atoms with van der Waals surface area (Å²) in [6, 6.07) is 11.2. The van der Waals surface area contributed by atoms with Crippen molar-refractivity contribution in [3.8, 4) is 5.75 Å². The van der Waals surface area contributed by atoms with Gasteiger partial charge in [0.15, 0.2) is 0 Å². The molecule has 0 unspecified atom stereocenters. The molecule has 0 aliphatic carbocycles. The summed E-state index contributed by atoms with van der Waals surface area (Å²) in [6.07, 6.45) is 3.80. The molecule has 0 spiro atoms. The van der Waals surface area contributed by atoms with Crippen LogP contribution >= 0.6 is 0 Å². The summed E-state index contributed by atoms with van der Waals surface area (Å²) >= 11 is 0. The first-order chi connectivity index (χ1) is 9.69. The molecule has 0 aliphatic rings. The molecule has 2 rings (SSSR count). The van der Waals surface area contributed by atoms with Gasteiger partial charge in [-0.2, -0.15) is 5.10 Å².